The summed E-state index contributed by atoms with van der Waals surface area (Å²) in [6, 6.07) is 12.7. The minimum absolute atomic E-state index is 0.0404. The lowest BCUT2D eigenvalue weighted by molar-refractivity contribution is -0.259. The lowest BCUT2D eigenvalue weighted by Gasteiger charge is -2.39. The molecule has 4 nitrogen and oxygen atoms in total. The van der Waals surface area contributed by atoms with Crippen molar-refractivity contribution in [1.82, 2.24) is 4.57 Å². The standard InChI is InChI=1S/C32H29F6NO3S/c1-42-27-13-10-24(29(30(27)35)18-3-4-18)25(31(41,17-43-2)32(36,37)38)12-5-19-15-21(34)16-26-23(19)11-14-28(40)39(26)22-8-6-20(33)7-9-22/h6-11,13-16,18,25,41H,3-5,12,17H2,1-2H3. The molecule has 1 N–H and O–H groups in total. The van der Waals surface area contributed by atoms with Crippen LogP contribution in [-0.4, -0.2) is 40.6 Å². The number of benzene rings is 3. The summed E-state index contributed by atoms with van der Waals surface area (Å²) in [5, 5.41) is 11.7. The molecule has 1 aliphatic carbocycles. The number of alkyl halides is 3. The van der Waals surface area contributed by atoms with Crippen molar-refractivity contribution in [1.29, 1.82) is 0 Å². The van der Waals surface area contributed by atoms with E-state index in [4.69, 9.17) is 4.74 Å². The van der Waals surface area contributed by atoms with E-state index in [1.807, 2.05) is 0 Å². The van der Waals surface area contributed by atoms with Crippen molar-refractivity contribution in [3.05, 3.63) is 105 Å². The highest BCUT2D eigenvalue weighted by Crippen LogP contribution is 2.52. The van der Waals surface area contributed by atoms with E-state index in [0.29, 0.717) is 23.8 Å². The molecule has 2 atom stereocenters. The zero-order valence-electron chi connectivity index (χ0n) is 23.4. The van der Waals surface area contributed by atoms with Gasteiger partial charge < -0.3 is 9.84 Å². The molecule has 2 unspecified atom stereocenters. The summed E-state index contributed by atoms with van der Waals surface area (Å²) >= 11 is 0.816. The van der Waals surface area contributed by atoms with Gasteiger partial charge in [-0.1, -0.05) is 6.07 Å². The van der Waals surface area contributed by atoms with Gasteiger partial charge in [0.05, 0.1) is 12.6 Å². The Morgan fingerprint density at radius 3 is 2.30 bits per heavy atom. The first-order valence-corrected chi connectivity index (χ1v) is 15.0. The topological polar surface area (TPSA) is 51.5 Å². The molecule has 3 aromatic carbocycles. The average molecular weight is 622 g/mol. The van der Waals surface area contributed by atoms with E-state index in [9.17, 15) is 27.5 Å². The number of halogens is 6. The number of hydrogen-bond acceptors (Lipinski definition) is 4. The first-order valence-electron chi connectivity index (χ1n) is 13.6. The van der Waals surface area contributed by atoms with Gasteiger partial charge in [0, 0.05) is 28.8 Å². The molecular weight excluding hydrogens is 592 g/mol. The maximum absolute atomic E-state index is 15.5. The normalized spacial score (nSPS) is 15.8. The molecule has 43 heavy (non-hydrogen) atoms. The van der Waals surface area contributed by atoms with Gasteiger partial charge in [0.15, 0.2) is 17.2 Å². The molecule has 1 fully saturated rings. The van der Waals surface area contributed by atoms with E-state index >= 15 is 8.78 Å². The van der Waals surface area contributed by atoms with Crippen LogP contribution in [-0.2, 0) is 6.42 Å². The fourth-order valence-corrected chi connectivity index (χ4v) is 6.64. The van der Waals surface area contributed by atoms with Crippen LogP contribution < -0.4 is 10.3 Å². The minimum Gasteiger partial charge on any atom is -0.494 e. The number of rotatable bonds is 10. The second-order valence-electron chi connectivity index (χ2n) is 10.8. The Labute approximate surface area is 248 Å². The third kappa shape index (κ3) is 5.89. The van der Waals surface area contributed by atoms with Crippen molar-refractivity contribution in [2.45, 2.75) is 49.3 Å². The van der Waals surface area contributed by atoms with E-state index < -0.39 is 46.5 Å². The van der Waals surface area contributed by atoms with Crippen LogP contribution >= 0.6 is 11.8 Å². The van der Waals surface area contributed by atoms with E-state index in [2.05, 4.69) is 0 Å². The predicted molar refractivity (Wildman–Crippen MR) is 155 cm³/mol. The lowest BCUT2D eigenvalue weighted by Crippen LogP contribution is -2.52. The summed E-state index contributed by atoms with van der Waals surface area (Å²) in [5.41, 5.74) is -2.87. The molecule has 0 bridgehead atoms. The predicted octanol–water partition coefficient (Wildman–Crippen LogP) is 7.67. The Balaban J connectivity index is 1.65. The second-order valence-corrected chi connectivity index (χ2v) is 11.7. The molecule has 0 aliphatic heterocycles. The second kappa shape index (κ2) is 11.9. The minimum atomic E-state index is -5.06. The maximum Gasteiger partial charge on any atom is 0.418 e. The quantitative estimate of drug-likeness (QED) is 0.185. The molecule has 0 spiro atoms. The maximum atomic E-state index is 15.5. The summed E-state index contributed by atoms with van der Waals surface area (Å²) in [6.45, 7) is 0. The van der Waals surface area contributed by atoms with Gasteiger partial charge in [0.1, 0.15) is 11.6 Å². The highest BCUT2D eigenvalue weighted by atomic mass is 32.2. The smallest absolute Gasteiger partial charge is 0.418 e. The first-order chi connectivity index (χ1) is 20.4. The van der Waals surface area contributed by atoms with Crippen LogP contribution in [0.1, 0.15) is 47.8 Å². The Morgan fingerprint density at radius 2 is 1.70 bits per heavy atom. The Kier molecular flexibility index (Phi) is 8.59. The molecule has 0 saturated heterocycles. The highest BCUT2D eigenvalue weighted by molar-refractivity contribution is 7.98. The molecule has 1 aromatic heterocycles. The van der Waals surface area contributed by atoms with Crippen molar-refractivity contribution >= 4 is 22.7 Å². The third-order valence-electron chi connectivity index (χ3n) is 8.04. The largest absolute Gasteiger partial charge is 0.494 e. The third-order valence-corrected chi connectivity index (χ3v) is 8.77. The molecule has 0 radical (unpaired) electrons. The Morgan fingerprint density at radius 1 is 1.00 bits per heavy atom. The molecule has 228 valence electrons. The molecule has 11 heteroatoms. The summed E-state index contributed by atoms with van der Waals surface area (Å²) in [4.78, 5) is 12.8. The van der Waals surface area contributed by atoms with Gasteiger partial charge in [-0.25, -0.2) is 13.2 Å². The number of methoxy groups -OCH3 is 1. The van der Waals surface area contributed by atoms with Crippen molar-refractivity contribution in [3.8, 4) is 11.4 Å². The van der Waals surface area contributed by atoms with Crippen LogP contribution in [0.2, 0.25) is 0 Å². The number of ether oxygens (including phenoxy) is 1. The Bertz CT molecular complexity index is 1700. The van der Waals surface area contributed by atoms with E-state index in [-0.39, 0.29) is 46.8 Å². The fraction of sp³-hybridized carbons (Fsp3) is 0.344. The van der Waals surface area contributed by atoms with Crippen LogP contribution in [0.25, 0.3) is 16.6 Å². The van der Waals surface area contributed by atoms with Gasteiger partial charge in [-0.2, -0.15) is 24.9 Å². The van der Waals surface area contributed by atoms with Crippen LogP contribution in [0.15, 0.2) is 65.5 Å². The number of fused-ring (bicyclic) bond motifs is 1. The zero-order chi connectivity index (χ0) is 31.1. The molecule has 4 aromatic rings. The van der Waals surface area contributed by atoms with E-state index in [1.165, 1.54) is 60.4 Å². The van der Waals surface area contributed by atoms with E-state index in [0.717, 1.165) is 30.0 Å². The van der Waals surface area contributed by atoms with Gasteiger partial charge in [0.2, 0.25) is 0 Å². The number of nitrogens with zero attached hydrogens (tertiary/aromatic N) is 1. The molecule has 1 saturated carbocycles. The number of thioether (sulfide) groups is 1. The van der Waals surface area contributed by atoms with E-state index in [1.54, 1.807) is 0 Å². The molecule has 1 aliphatic rings. The van der Waals surface area contributed by atoms with Crippen LogP contribution in [0.4, 0.5) is 26.3 Å². The summed E-state index contributed by atoms with van der Waals surface area (Å²) in [6.07, 6.45) is -2.89. The Hall–Kier alpha value is -3.44. The number of aliphatic hydroxyl groups is 1. The highest BCUT2D eigenvalue weighted by Gasteiger charge is 2.59. The van der Waals surface area contributed by atoms with Gasteiger partial charge in [-0.05, 0) is 103 Å². The molecule has 1 heterocycles. The van der Waals surface area contributed by atoms with Crippen LogP contribution in [0, 0.1) is 17.5 Å². The van der Waals surface area contributed by atoms with Gasteiger partial charge in [-0.3, -0.25) is 9.36 Å². The van der Waals surface area contributed by atoms with Gasteiger partial charge >= 0.3 is 6.18 Å². The van der Waals surface area contributed by atoms with Crippen molar-refractivity contribution in [3.63, 3.8) is 0 Å². The van der Waals surface area contributed by atoms with Crippen molar-refractivity contribution < 1.29 is 36.2 Å². The number of hydrogen-bond donors (Lipinski definition) is 1. The van der Waals surface area contributed by atoms with Crippen molar-refractivity contribution in [2.75, 3.05) is 19.1 Å². The molecular formula is C32H29F6NO3S. The zero-order valence-corrected chi connectivity index (χ0v) is 24.2. The summed E-state index contributed by atoms with van der Waals surface area (Å²) < 4.78 is 94.4. The summed E-state index contributed by atoms with van der Waals surface area (Å²) in [5.74, 6) is -4.72. The fourth-order valence-electron chi connectivity index (χ4n) is 5.84. The van der Waals surface area contributed by atoms with Crippen LogP contribution in [0.3, 0.4) is 0 Å². The molecule has 0 amide bonds. The molecule has 5 rings (SSSR count). The van der Waals surface area contributed by atoms with Crippen molar-refractivity contribution in [2.24, 2.45) is 0 Å². The number of pyridine rings is 1. The monoisotopic (exact) mass is 621 g/mol. The van der Waals surface area contributed by atoms with Gasteiger partial charge in [-0.15, -0.1) is 0 Å². The number of aryl methyl sites for hydroxylation is 1. The first kappa shape index (κ1) is 31.0. The van der Waals surface area contributed by atoms with Crippen LogP contribution in [0.5, 0.6) is 5.75 Å². The lowest BCUT2D eigenvalue weighted by atomic mass is 9.76. The average Bonchev–Trinajstić information content (AvgIpc) is 3.78. The van der Waals surface area contributed by atoms with Gasteiger partial charge in [0.25, 0.3) is 5.56 Å². The number of aromatic nitrogens is 1. The SMILES string of the molecule is COc1ccc(C(CCc2cc(F)cc3c2ccc(=O)n3-c2ccc(F)cc2)C(O)(CSC)C(F)(F)F)c(C2CC2)c1F. The summed E-state index contributed by atoms with van der Waals surface area (Å²) in [7, 11) is 1.27.